The zero-order chi connectivity index (χ0) is 29.7. The lowest BCUT2D eigenvalue weighted by Gasteiger charge is -2.11. The number of benzene rings is 4. The lowest BCUT2D eigenvalue weighted by Crippen LogP contribution is -2.17. The van der Waals surface area contributed by atoms with Crippen molar-refractivity contribution < 1.29 is 37.3 Å². The second-order valence-corrected chi connectivity index (χ2v) is 10.5. The smallest absolute Gasteiger partial charge is 0.339 e. The van der Waals surface area contributed by atoms with E-state index in [1.807, 2.05) is 0 Å². The fraction of sp³-hybridized carbons (Fsp3) is 0.0370. The molecule has 0 bridgehead atoms. The van der Waals surface area contributed by atoms with Gasteiger partial charge in [0.1, 0.15) is 5.75 Å². The molecule has 0 radical (unpaired) electrons. The molecule has 12 nitrogen and oxygen atoms in total. The van der Waals surface area contributed by atoms with Gasteiger partial charge in [0.05, 0.1) is 30.2 Å². The first-order valence-electron chi connectivity index (χ1n) is 11.5. The van der Waals surface area contributed by atoms with Crippen LogP contribution in [0.1, 0.15) is 20.7 Å². The van der Waals surface area contributed by atoms with E-state index in [9.17, 15) is 38.2 Å². The monoisotopic (exact) mass is 596 g/mol. The summed E-state index contributed by atoms with van der Waals surface area (Å²) in [5.74, 6) is -1.72. The van der Waals surface area contributed by atoms with Crippen LogP contribution in [-0.2, 0) is 14.6 Å². The molecule has 4 aromatic carbocycles. The molecule has 14 heteroatoms. The van der Waals surface area contributed by atoms with E-state index in [2.05, 4.69) is 0 Å². The van der Waals surface area contributed by atoms with Crippen molar-refractivity contribution in [2.45, 2.75) is 9.79 Å². The van der Waals surface area contributed by atoms with E-state index < -0.39 is 42.9 Å². The second-order valence-electron chi connectivity index (χ2n) is 8.22. The van der Waals surface area contributed by atoms with Gasteiger partial charge in [0.25, 0.3) is 5.69 Å². The summed E-state index contributed by atoms with van der Waals surface area (Å²) in [5.41, 5.74) is -0.866. The first-order valence-corrected chi connectivity index (χ1v) is 13.3. The number of nitro benzene ring substituents is 2. The van der Waals surface area contributed by atoms with Crippen LogP contribution in [0.3, 0.4) is 0 Å². The largest absolute Gasteiger partial charge is 0.454 e. The summed E-state index contributed by atoms with van der Waals surface area (Å²) in [6.07, 6.45) is 0. The van der Waals surface area contributed by atoms with Crippen LogP contribution >= 0.6 is 11.6 Å². The maximum atomic E-state index is 13.1. The number of hydrogen-bond acceptors (Lipinski definition) is 10. The third-order valence-electron chi connectivity index (χ3n) is 5.63. The van der Waals surface area contributed by atoms with Gasteiger partial charge in [-0.05, 0) is 54.6 Å². The number of non-ortho nitro benzene ring substituents is 1. The Bertz CT molecular complexity index is 1770. The first kappa shape index (κ1) is 28.9. The highest BCUT2D eigenvalue weighted by Crippen LogP contribution is 2.37. The summed E-state index contributed by atoms with van der Waals surface area (Å²) in [6.45, 7) is -0.721. The van der Waals surface area contributed by atoms with E-state index in [0.29, 0.717) is 0 Å². The van der Waals surface area contributed by atoms with Gasteiger partial charge in [0.15, 0.2) is 12.4 Å². The minimum Gasteiger partial charge on any atom is -0.454 e. The minimum atomic E-state index is -4.26. The number of nitrogens with zero attached hydrogens (tertiary/aromatic N) is 2. The third-order valence-corrected chi connectivity index (χ3v) is 7.75. The van der Waals surface area contributed by atoms with Crippen molar-refractivity contribution in [1.82, 2.24) is 0 Å². The molecular weight excluding hydrogens is 580 g/mol. The third kappa shape index (κ3) is 6.37. The molecule has 0 spiro atoms. The zero-order valence-corrected chi connectivity index (χ0v) is 22.2. The SMILES string of the molecule is O=C(COC(=O)c1ccccc1S(=O)(=O)c1ccc([N+](=O)[O-])cc1)c1ccc(Oc2c(Cl)cccc2[N+](=O)[O-])cc1. The van der Waals surface area contributed by atoms with E-state index in [4.69, 9.17) is 21.1 Å². The quantitative estimate of drug-likeness (QED) is 0.0938. The van der Waals surface area contributed by atoms with Gasteiger partial charge in [0.2, 0.25) is 15.6 Å². The second kappa shape index (κ2) is 11.9. The average molecular weight is 597 g/mol. The maximum Gasteiger partial charge on any atom is 0.339 e. The number of carbonyl (C=O) groups excluding carboxylic acids is 2. The Morgan fingerprint density at radius 1 is 0.805 bits per heavy atom. The van der Waals surface area contributed by atoms with Gasteiger partial charge in [0, 0.05) is 23.8 Å². The number of ether oxygens (including phenoxy) is 2. The molecule has 0 aromatic heterocycles. The van der Waals surface area contributed by atoms with Gasteiger partial charge in [-0.3, -0.25) is 25.0 Å². The van der Waals surface area contributed by atoms with Crippen molar-refractivity contribution in [2.75, 3.05) is 6.61 Å². The summed E-state index contributed by atoms with van der Waals surface area (Å²) < 4.78 is 36.9. The Balaban J connectivity index is 1.46. The van der Waals surface area contributed by atoms with Crippen LogP contribution in [0, 0.1) is 20.2 Å². The Labute approximate surface area is 236 Å². The zero-order valence-electron chi connectivity index (χ0n) is 20.6. The molecule has 4 aromatic rings. The molecule has 0 aliphatic heterocycles. The van der Waals surface area contributed by atoms with Gasteiger partial charge in [-0.25, -0.2) is 13.2 Å². The highest BCUT2D eigenvalue weighted by molar-refractivity contribution is 7.91. The summed E-state index contributed by atoms with van der Waals surface area (Å²) in [7, 11) is -4.26. The van der Waals surface area contributed by atoms with E-state index in [1.165, 1.54) is 66.7 Å². The molecule has 0 unspecified atom stereocenters. The van der Waals surface area contributed by atoms with Crippen molar-refractivity contribution in [1.29, 1.82) is 0 Å². The fourth-order valence-corrected chi connectivity index (χ4v) is 5.26. The molecule has 0 amide bonds. The van der Waals surface area contributed by atoms with E-state index >= 15 is 0 Å². The summed E-state index contributed by atoms with van der Waals surface area (Å²) in [5, 5.41) is 22.1. The van der Waals surface area contributed by atoms with E-state index in [1.54, 1.807) is 0 Å². The van der Waals surface area contributed by atoms with Crippen LogP contribution in [0.4, 0.5) is 11.4 Å². The number of Topliss-reactive ketones (excluding diaryl/α,β-unsaturated/α-hetero) is 1. The standard InChI is InChI=1S/C27H17ClN2O10S/c28-22-5-3-6-23(30(35)36)26(22)40-19-12-8-17(9-13-19)24(31)16-39-27(32)21-4-1-2-7-25(21)41(37,38)20-14-10-18(11-15-20)29(33)34/h1-15H,16H2. The fourth-order valence-electron chi connectivity index (χ4n) is 3.60. The average Bonchev–Trinajstić information content (AvgIpc) is 2.97. The van der Waals surface area contributed by atoms with Gasteiger partial charge in [-0.2, -0.15) is 0 Å². The molecule has 0 saturated heterocycles. The van der Waals surface area contributed by atoms with Crippen molar-refractivity contribution in [3.63, 3.8) is 0 Å². The predicted octanol–water partition coefficient (Wildman–Crippen LogP) is 5.82. The van der Waals surface area contributed by atoms with Crippen molar-refractivity contribution in [2.24, 2.45) is 0 Å². The normalized spacial score (nSPS) is 11.0. The highest BCUT2D eigenvalue weighted by Gasteiger charge is 2.26. The predicted molar refractivity (Wildman–Crippen MR) is 144 cm³/mol. The summed E-state index contributed by atoms with van der Waals surface area (Å²) in [6, 6.07) is 18.8. The summed E-state index contributed by atoms with van der Waals surface area (Å²) >= 11 is 6.02. The maximum absolute atomic E-state index is 13.1. The Morgan fingerprint density at radius 3 is 2.10 bits per heavy atom. The molecule has 0 N–H and O–H groups in total. The van der Waals surface area contributed by atoms with Crippen LogP contribution in [0.25, 0.3) is 0 Å². The number of sulfone groups is 1. The molecule has 0 heterocycles. The molecule has 208 valence electrons. The van der Waals surface area contributed by atoms with Crippen LogP contribution in [-0.4, -0.2) is 36.6 Å². The lowest BCUT2D eigenvalue weighted by molar-refractivity contribution is -0.385. The number of para-hydroxylation sites is 1. The van der Waals surface area contributed by atoms with E-state index in [0.717, 1.165) is 24.3 Å². The molecule has 0 atom stereocenters. The molecule has 0 aliphatic carbocycles. The number of carbonyl (C=O) groups is 2. The molecular formula is C27H17ClN2O10S. The molecule has 0 saturated carbocycles. The van der Waals surface area contributed by atoms with Crippen LogP contribution < -0.4 is 4.74 Å². The van der Waals surface area contributed by atoms with Gasteiger partial charge >= 0.3 is 11.7 Å². The Kier molecular flexibility index (Phi) is 8.40. The Morgan fingerprint density at radius 2 is 1.46 bits per heavy atom. The molecule has 41 heavy (non-hydrogen) atoms. The van der Waals surface area contributed by atoms with E-state index in [-0.39, 0.29) is 43.9 Å². The van der Waals surface area contributed by atoms with Crippen LogP contribution in [0.15, 0.2) is 101 Å². The molecule has 0 fully saturated rings. The van der Waals surface area contributed by atoms with Crippen LogP contribution in [0.2, 0.25) is 5.02 Å². The van der Waals surface area contributed by atoms with Gasteiger partial charge < -0.3 is 9.47 Å². The number of hydrogen-bond donors (Lipinski definition) is 0. The number of nitro groups is 2. The topological polar surface area (TPSA) is 173 Å². The van der Waals surface area contributed by atoms with Gasteiger partial charge in [-0.15, -0.1) is 0 Å². The highest BCUT2D eigenvalue weighted by atomic mass is 35.5. The number of ketones is 1. The number of halogens is 1. The molecule has 4 rings (SSSR count). The summed E-state index contributed by atoms with van der Waals surface area (Å²) in [4.78, 5) is 45.5. The Hall–Kier alpha value is -5.14. The van der Waals surface area contributed by atoms with Crippen molar-refractivity contribution in [3.8, 4) is 11.5 Å². The van der Waals surface area contributed by atoms with Crippen LogP contribution in [0.5, 0.6) is 11.5 Å². The minimum absolute atomic E-state index is 0.0159. The van der Waals surface area contributed by atoms with Crippen molar-refractivity contribution in [3.05, 3.63) is 127 Å². The lowest BCUT2D eigenvalue weighted by atomic mass is 10.1. The van der Waals surface area contributed by atoms with Gasteiger partial charge in [-0.1, -0.05) is 29.8 Å². The number of rotatable bonds is 10. The number of esters is 1. The first-order chi connectivity index (χ1) is 19.5. The molecule has 0 aliphatic rings. The van der Waals surface area contributed by atoms with Crippen molar-refractivity contribution >= 4 is 44.6 Å².